The van der Waals surface area contributed by atoms with Crippen LogP contribution in [0.1, 0.15) is 13.8 Å². The summed E-state index contributed by atoms with van der Waals surface area (Å²) in [5, 5.41) is 3.03. The third-order valence-corrected chi connectivity index (χ3v) is 1.14. The van der Waals surface area contributed by atoms with Crippen LogP contribution in [0.5, 0.6) is 0 Å². The molecule has 0 aromatic rings. The lowest BCUT2D eigenvalue weighted by atomic mass is 10.2. The van der Waals surface area contributed by atoms with E-state index < -0.39 is 0 Å². The Morgan fingerprint density at radius 3 is 1.88 bits per heavy atom. The predicted molar refractivity (Wildman–Crippen MR) is 34.7 cm³/mol. The zero-order chi connectivity index (χ0) is 6.57. The van der Waals surface area contributed by atoms with Gasteiger partial charge in [-0.25, -0.2) is 0 Å². The quantitative estimate of drug-likeness (QED) is 0.553. The minimum atomic E-state index is 0.204. The molecule has 8 heavy (non-hydrogen) atoms. The number of rotatable bonds is 3. The van der Waals surface area contributed by atoms with Crippen LogP contribution in [0.25, 0.3) is 0 Å². The number of methoxy groups -OCH3 is 1. The van der Waals surface area contributed by atoms with E-state index in [0.717, 1.165) is 0 Å². The average molecular weight is 117 g/mol. The molecule has 0 amide bonds. The fraction of sp³-hybridized carbons (Fsp3) is 1.00. The third-order valence-electron chi connectivity index (χ3n) is 1.14. The van der Waals surface area contributed by atoms with Crippen LogP contribution in [-0.2, 0) is 4.74 Å². The van der Waals surface area contributed by atoms with Crippen LogP contribution in [0.4, 0.5) is 0 Å². The Morgan fingerprint density at radius 2 is 1.88 bits per heavy atom. The lowest BCUT2D eigenvalue weighted by molar-refractivity contribution is 0.0439. The molecule has 0 bridgehead atoms. The average Bonchev–Trinajstić information content (AvgIpc) is 1.69. The van der Waals surface area contributed by atoms with Gasteiger partial charge in [-0.15, -0.1) is 0 Å². The van der Waals surface area contributed by atoms with Gasteiger partial charge in [-0.05, 0) is 13.0 Å². The normalized spacial score (nSPS) is 14.6. The van der Waals surface area contributed by atoms with Gasteiger partial charge in [0.05, 0.1) is 0 Å². The van der Waals surface area contributed by atoms with E-state index in [-0.39, 0.29) is 6.23 Å². The van der Waals surface area contributed by atoms with E-state index in [4.69, 9.17) is 4.74 Å². The van der Waals surface area contributed by atoms with E-state index in [0.29, 0.717) is 5.92 Å². The molecular weight excluding hydrogens is 102 g/mol. The van der Waals surface area contributed by atoms with Gasteiger partial charge in [-0.3, -0.25) is 5.32 Å². The number of hydrogen-bond donors (Lipinski definition) is 1. The van der Waals surface area contributed by atoms with Crippen LogP contribution in [0.2, 0.25) is 0 Å². The topological polar surface area (TPSA) is 21.3 Å². The zero-order valence-electron chi connectivity index (χ0n) is 6.06. The maximum Gasteiger partial charge on any atom is 0.109 e. The SMILES string of the molecule is CNC(OC)C(C)C. The highest BCUT2D eigenvalue weighted by Gasteiger charge is 2.06. The van der Waals surface area contributed by atoms with E-state index in [9.17, 15) is 0 Å². The van der Waals surface area contributed by atoms with Gasteiger partial charge in [0.2, 0.25) is 0 Å². The van der Waals surface area contributed by atoms with Crippen molar-refractivity contribution in [1.29, 1.82) is 0 Å². The summed E-state index contributed by atoms with van der Waals surface area (Å²) in [5.41, 5.74) is 0. The van der Waals surface area contributed by atoms with Crippen molar-refractivity contribution in [3.05, 3.63) is 0 Å². The van der Waals surface area contributed by atoms with Gasteiger partial charge >= 0.3 is 0 Å². The van der Waals surface area contributed by atoms with Crippen LogP contribution in [0.15, 0.2) is 0 Å². The first-order valence-electron chi connectivity index (χ1n) is 2.92. The molecule has 1 unspecified atom stereocenters. The summed E-state index contributed by atoms with van der Waals surface area (Å²) in [6.07, 6.45) is 0.204. The summed E-state index contributed by atoms with van der Waals surface area (Å²) >= 11 is 0. The molecule has 2 heteroatoms. The van der Waals surface area contributed by atoms with Crippen LogP contribution < -0.4 is 5.32 Å². The monoisotopic (exact) mass is 117 g/mol. The first-order valence-corrected chi connectivity index (χ1v) is 2.92. The molecule has 0 aromatic heterocycles. The number of hydrogen-bond acceptors (Lipinski definition) is 2. The maximum absolute atomic E-state index is 5.05. The largest absolute Gasteiger partial charge is 0.366 e. The molecule has 1 atom stereocenters. The second kappa shape index (κ2) is 3.87. The molecular formula is C6H15NO. The molecule has 0 spiro atoms. The first-order chi connectivity index (χ1) is 3.72. The van der Waals surface area contributed by atoms with E-state index in [2.05, 4.69) is 19.2 Å². The number of ether oxygens (including phenoxy) is 1. The van der Waals surface area contributed by atoms with Crippen LogP contribution >= 0.6 is 0 Å². The van der Waals surface area contributed by atoms with E-state index in [1.54, 1.807) is 7.11 Å². The minimum Gasteiger partial charge on any atom is -0.366 e. The van der Waals surface area contributed by atoms with Crippen molar-refractivity contribution in [1.82, 2.24) is 5.32 Å². The molecule has 0 aliphatic rings. The summed E-state index contributed by atoms with van der Waals surface area (Å²) in [7, 11) is 3.61. The summed E-state index contributed by atoms with van der Waals surface area (Å²) < 4.78 is 5.05. The first kappa shape index (κ1) is 7.92. The van der Waals surface area contributed by atoms with Crippen molar-refractivity contribution >= 4 is 0 Å². The molecule has 0 aliphatic carbocycles. The fourth-order valence-electron chi connectivity index (χ4n) is 0.723. The molecule has 0 rings (SSSR count). The van der Waals surface area contributed by atoms with E-state index >= 15 is 0 Å². The molecule has 50 valence electrons. The molecule has 0 fully saturated rings. The van der Waals surface area contributed by atoms with Gasteiger partial charge in [-0.2, -0.15) is 0 Å². The Hall–Kier alpha value is -0.0800. The third kappa shape index (κ3) is 2.28. The second-order valence-electron chi connectivity index (χ2n) is 2.19. The summed E-state index contributed by atoms with van der Waals surface area (Å²) in [6.45, 7) is 4.23. The van der Waals surface area contributed by atoms with Gasteiger partial charge in [0.25, 0.3) is 0 Å². The van der Waals surface area contributed by atoms with Crippen molar-refractivity contribution in [3.63, 3.8) is 0 Å². The molecule has 0 heterocycles. The predicted octanol–water partition coefficient (Wildman–Crippen LogP) is 0.834. The van der Waals surface area contributed by atoms with E-state index in [1.807, 2.05) is 7.05 Å². The Labute approximate surface area is 51.2 Å². The Morgan fingerprint density at radius 1 is 1.38 bits per heavy atom. The van der Waals surface area contributed by atoms with Gasteiger partial charge in [0, 0.05) is 7.11 Å². The molecule has 0 aromatic carbocycles. The number of nitrogens with one attached hydrogen (secondary N) is 1. The van der Waals surface area contributed by atoms with E-state index in [1.165, 1.54) is 0 Å². The van der Waals surface area contributed by atoms with Crippen LogP contribution in [-0.4, -0.2) is 20.4 Å². The van der Waals surface area contributed by atoms with Crippen molar-refractivity contribution in [2.24, 2.45) is 5.92 Å². The zero-order valence-corrected chi connectivity index (χ0v) is 6.06. The summed E-state index contributed by atoms with van der Waals surface area (Å²) in [4.78, 5) is 0. The molecule has 0 aliphatic heterocycles. The van der Waals surface area contributed by atoms with Gasteiger partial charge in [0.1, 0.15) is 6.23 Å². The summed E-state index contributed by atoms with van der Waals surface area (Å²) in [5.74, 6) is 0.546. The standard InChI is InChI=1S/C6H15NO/c1-5(2)6(7-3)8-4/h5-7H,1-4H3. The van der Waals surface area contributed by atoms with Crippen LogP contribution in [0, 0.1) is 5.92 Å². The van der Waals surface area contributed by atoms with Gasteiger partial charge in [0.15, 0.2) is 0 Å². The Kier molecular flexibility index (Phi) is 3.83. The highest BCUT2D eigenvalue weighted by Crippen LogP contribution is 1.99. The molecule has 0 radical (unpaired) electrons. The fourth-order valence-corrected chi connectivity index (χ4v) is 0.723. The lowest BCUT2D eigenvalue weighted by Gasteiger charge is -2.17. The highest BCUT2D eigenvalue weighted by molar-refractivity contribution is 4.54. The van der Waals surface area contributed by atoms with Crippen molar-refractivity contribution in [2.45, 2.75) is 20.1 Å². The van der Waals surface area contributed by atoms with Gasteiger partial charge in [-0.1, -0.05) is 13.8 Å². The van der Waals surface area contributed by atoms with Gasteiger partial charge < -0.3 is 4.74 Å². The smallest absolute Gasteiger partial charge is 0.109 e. The molecule has 0 saturated carbocycles. The van der Waals surface area contributed by atoms with Crippen molar-refractivity contribution < 1.29 is 4.74 Å². The Balaban J connectivity index is 3.35. The molecule has 1 N–H and O–H groups in total. The minimum absolute atomic E-state index is 0.204. The Bertz CT molecular complexity index is 50.5. The maximum atomic E-state index is 5.05. The van der Waals surface area contributed by atoms with Crippen LogP contribution in [0.3, 0.4) is 0 Å². The lowest BCUT2D eigenvalue weighted by Crippen LogP contribution is -2.32. The highest BCUT2D eigenvalue weighted by atomic mass is 16.5. The van der Waals surface area contributed by atoms with Crippen molar-refractivity contribution in [3.8, 4) is 0 Å². The summed E-state index contributed by atoms with van der Waals surface area (Å²) in [6, 6.07) is 0. The second-order valence-corrected chi connectivity index (χ2v) is 2.19. The molecule has 2 nitrogen and oxygen atoms in total. The van der Waals surface area contributed by atoms with Crippen molar-refractivity contribution in [2.75, 3.05) is 14.2 Å². The molecule has 0 saturated heterocycles.